The van der Waals surface area contributed by atoms with Gasteiger partial charge in [-0.25, -0.2) is 0 Å². The third-order valence-electron chi connectivity index (χ3n) is 5.42. The number of rotatable bonds is 5. The van der Waals surface area contributed by atoms with Crippen molar-refractivity contribution < 1.29 is 14.3 Å². The molecule has 160 valence electrons. The predicted octanol–water partition coefficient (Wildman–Crippen LogP) is 3.58. The van der Waals surface area contributed by atoms with E-state index >= 15 is 0 Å². The van der Waals surface area contributed by atoms with Crippen LogP contribution >= 0.6 is 23.1 Å². The van der Waals surface area contributed by atoms with Gasteiger partial charge >= 0.3 is 0 Å². The number of benzene rings is 1. The molecule has 0 fully saturated rings. The van der Waals surface area contributed by atoms with Crippen LogP contribution in [0.4, 0.5) is 5.13 Å². The van der Waals surface area contributed by atoms with Crippen molar-refractivity contribution in [1.82, 2.24) is 10.2 Å². The van der Waals surface area contributed by atoms with E-state index in [-0.39, 0.29) is 17.2 Å². The van der Waals surface area contributed by atoms with Crippen LogP contribution in [0.2, 0.25) is 0 Å². The maximum atomic E-state index is 13.2. The van der Waals surface area contributed by atoms with Crippen molar-refractivity contribution in [3.63, 3.8) is 0 Å². The van der Waals surface area contributed by atoms with Gasteiger partial charge in [-0.2, -0.15) is 5.26 Å². The van der Waals surface area contributed by atoms with Gasteiger partial charge < -0.3 is 15.2 Å². The van der Waals surface area contributed by atoms with E-state index in [0.717, 1.165) is 10.0 Å². The second kappa shape index (κ2) is 8.61. The SMILES string of the molecule is COc1ccc(OC)c(C2C(C#N)=C(N)N(c3nnc(SC)s3)C3=C2C(=O)CCC3)c1. The molecule has 0 amide bonds. The molecule has 0 saturated heterocycles. The Balaban J connectivity index is 1.98. The van der Waals surface area contributed by atoms with Gasteiger partial charge in [0.15, 0.2) is 10.1 Å². The highest BCUT2D eigenvalue weighted by molar-refractivity contribution is 8.00. The molecule has 0 bridgehead atoms. The van der Waals surface area contributed by atoms with Crippen molar-refractivity contribution in [2.24, 2.45) is 5.73 Å². The molecule has 31 heavy (non-hydrogen) atoms. The topological polar surface area (TPSA) is 114 Å². The number of ether oxygens (including phenoxy) is 2. The number of carbonyl (C=O) groups is 1. The maximum Gasteiger partial charge on any atom is 0.219 e. The number of hydrogen-bond donors (Lipinski definition) is 1. The number of ketones is 1. The number of nitrogens with two attached hydrogens (primary N) is 1. The summed E-state index contributed by atoms with van der Waals surface area (Å²) in [4.78, 5) is 14.9. The van der Waals surface area contributed by atoms with Gasteiger partial charge in [0, 0.05) is 23.3 Å². The molecule has 2 N–H and O–H groups in total. The van der Waals surface area contributed by atoms with Crippen LogP contribution in [0.3, 0.4) is 0 Å². The first-order chi connectivity index (χ1) is 15.0. The van der Waals surface area contributed by atoms with Crippen LogP contribution in [-0.2, 0) is 4.79 Å². The zero-order valence-corrected chi connectivity index (χ0v) is 19.0. The number of thioether (sulfide) groups is 1. The lowest BCUT2D eigenvalue weighted by atomic mass is 9.75. The van der Waals surface area contributed by atoms with Gasteiger partial charge in [-0.05, 0) is 37.3 Å². The number of hydrogen-bond acceptors (Lipinski definition) is 10. The van der Waals surface area contributed by atoms with Crippen LogP contribution in [-0.4, -0.2) is 36.5 Å². The number of Topliss-reactive ketones (excluding diaryl/α,β-unsaturated/α-hetero) is 1. The summed E-state index contributed by atoms with van der Waals surface area (Å²) in [5.74, 6) is 0.784. The number of carbonyl (C=O) groups excluding carboxylic acids is 1. The van der Waals surface area contributed by atoms with Crippen LogP contribution in [0.15, 0.2) is 45.2 Å². The fourth-order valence-corrected chi connectivity index (χ4v) is 5.36. The summed E-state index contributed by atoms with van der Waals surface area (Å²) in [6, 6.07) is 7.60. The third kappa shape index (κ3) is 3.54. The lowest BCUT2D eigenvalue weighted by molar-refractivity contribution is -0.116. The molecule has 0 saturated carbocycles. The molecule has 1 atom stereocenters. The molecule has 0 radical (unpaired) electrons. The van der Waals surface area contributed by atoms with E-state index in [0.29, 0.717) is 47.0 Å². The van der Waals surface area contributed by atoms with Gasteiger partial charge in [0.1, 0.15) is 17.3 Å². The maximum absolute atomic E-state index is 13.2. The minimum atomic E-state index is -0.637. The fraction of sp³-hybridized carbons (Fsp3) is 0.333. The quantitative estimate of drug-likeness (QED) is 0.676. The van der Waals surface area contributed by atoms with E-state index in [1.54, 1.807) is 37.3 Å². The summed E-state index contributed by atoms with van der Waals surface area (Å²) in [7, 11) is 3.13. The Morgan fingerprint density at radius 2 is 2.10 bits per heavy atom. The predicted molar refractivity (Wildman–Crippen MR) is 119 cm³/mol. The minimum Gasteiger partial charge on any atom is -0.497 e. The normalized spacial score (nSPS) is 18.7. The van der Waals surface area contributed by atoms with E-state index in [9.17, 15) is 10.1 Å². The zero-order chi connectivity index (χ0) is 22.1. The summed E-state index contributed by atoms with van der Waals surface area (Å²) in [5, 5.41) is 19.1. The lowest BCUT2D eigenvalue weighted by Gasteiger charge is -2.38. The van der Waals surface area contributed by atoms with Crippen LogP contribution < -0.4 is 20.1 Å². The molecule has 2 heterocycles. The fourth-order valence-electron chi connectivity index (χ4n) is 4.06. The highest BCUT2D eigenvalue weighted by Crippen LogP contribution is 2.49. The molecule has 1 aliphatic carbocycles. The smallest absolute Gasteiger partial charge is 0.219 e. The Morgan fingerprint density at radius 1 is 1.29 bits per heavy atom. The van der Waals surface area contributed by atoms with E-state index in [4.69, 9.17) is 15.2 Å². The molecule has 2 aliphatic rings. The summed E-state index contributed by atoms with van der Waals surface area (Å²) in [6.45, 7) is 0. The van der Waals surface area contributed by atoms with Crippen molar-refractivity contribution in [3.05, 3.63) is 46.4 Å². The number of methoxy groups -OCH3 is 2. The highest BCUT2D eigenvalue weighted by Gasteiger charge is 2.42. The second-order valence-corrected chi connectivity index (χ2v) is 8.99. The molecule has 1 aromatic heterocycles. The first kappa shape index (κ1) is 21.2. The van der Waals surface area contributed by atoms with E-state index in [1.165, 1.54) is 23.1 Å². The number of allylic oxidation sites excluding steroid dienone is 3. The number of aromatic nitrogens is 2. The van der Waals surface area contributed by atoms with Crippen LogP contribution in [0.1, 0.15) is 30.7 Å². The minimum absolute atomic E-state index is 0.00372. The third-order valence-corrected chi connectivity index (χ3v) is 7.31. The van der Waals surface area contributed by atoms with Crippen molar-refractivity contribution >= 4 is 34.0 Å². The Morgan fingerprint density at radius 3 is 2.74 bits per heavy atom. The average molecular weight is 456 g/mol. The molecule has 2 aromatic rings. The van der Waals surface area contributed by atoms with E-state index < -0.39 is 5.92 Å². The van der Waals surface area contributed by atoms with Gasteiger partial charge in [0.05, 0.1) is 31.8 Å². The number of anilines is 1. The van der Waals surface area contributed by atoms with Crippen molar-refractivity contribution in [3.8, 4) is 17.6 Å². The molecule has 0 spiro atoms. The van der Waals surface area contributed by atoms with Gasteiger partial charge in [0.25, 0.3) is 0 Å². The number of nitrogens with zero attached hydrogens (tertiary/aromatic N) is 4. The average Bonchev–Trinajstić information content (AvgIpc) is 3.26. The van der Waals surface area contributed by atoms with Gasteiger partial charge in [0.2, 0.25) is 5.13 Å². The summed E-state index contributed by atoms with van der Waals surface area (Å²) in [5.41, 5.74) is 8.84. The zero-order valence-electron chi connectivity index (χ0n) is 17.3. The van der Waals surface area contributed by atoms with E-state index in [1.807, 2.05) is 6.26 Å². The van der Waals surface area contributed by atoms with Crippen LogP contribution in [0.5, 0.6) is 11.5 Å². The second-order valence-electron chi connectivity index (χ2n) is 6.98. The Kier molecular flexibility index (Phi) is 5.89. The lowest BCUT2D eigenvalue weighted by Crippen LogP contribution is -2.38. The Labute approximate surface area is 188 Å². The van der Waals surface area contributed by atoms with Crippen molar-refractivity contribution in [2.45, 2.75) is 29.5 Å². The van der Waals surface area contributed by atoms with Gasteiger partial charge in [-0.1, -0.05) is 23.1 Å². The molecule has 4 rings (SSSR count). The molecule has 10 heteroatoms. The van der Waals surface area contributed by atoms with Crippen LogP contribution in [0, 0.1) is 11.3 Å². The van der Waals surface area contributed by atoms with Crippen LogP contribution in [0.25, 0.3) is 0 Å². The molecular weight excluding hydrogens is 434 g/mol. The van der Waals surface area contributed by atoms with Gasteiger partial charge in [-0.15, -0.1) is 10.2 Å². The van der Waals surface area contributed by atoms with Crippen molar-refractivity contribution in [2.75, 3.05) is 25.4 Å². The van der Waals surface area contributed by atoms with Crippen molar-refractivity contribution in [1.29, 1.82) is 5.26 Å². The summed E-state index contributed by atoms with van der Waals surface area (Å²) in [6.07, 6.45) is 3.69. The molecular formula is C21H21N5O3S2. The molecule has 1 aliphatic heterocycles. The standard InChI is InChI=1S/C21H21N5O3S2/c1-28-11-7-8-16(29-2)12(9-11)17-13(10-22)19(23)26(20-24-25-21(30-3)31-20)14-5-4-6-15(27)18(14)17/h7-9,17H,4-6,23H2,1-3H3. The Bertz CT molecular complexity index is 1150. The Hall–Kier alpha value is -3.03. The highest BCUT2D eigenvalue weighted by atomic mass is 32.2. The summed E-state index contributed by atoms with van der Waals surface area (Å²) < 4.78 is 11.7. The summed E-state index contributed by atoms with van der Waals surface area (Å²) >= 11 is 2.86. The first-order valence-corrected chi connectivity index (χ1v) is 11.6. The molecule has 8 nitrogen and oxygen atoms in total. The first-order valence-electron chi connectivity index (χ1n) is 9.59. The largest absolute Gasteiger partial charge is 0.497 e. The van der Waals surface area contributed by atoms with Gasteiger partial charge in [-0.3, -0.25) is 9.69 Å². The number of nitriles is 1. The molecule has 1 aromatic carbocycles. The van der Waals surface area contributed by atoms with E-state index in [2.05, 4.69) is 16.3 Å². The monoisotopic (exact) mass is 455 g/mol. The molecule has 1 unspecified atom stereocenters.